The van der Waals surface area contributed by atoms with Crippen molar-refractivity contribution in [3.63, 3.8) is 0 Å². The monoisotopic (exact) mass is 317 g/mol. The van der Waals surface area contributed by atoms with Crippen LogP contribution >= 0.6 is 0 Å². The van der Waals surface area contributed by atoms with E-state index in [9.17, 15) is 9.59 Å². The molecule has 0 radical (unpaired) electrons. The van der Waals surface area contributed by atoms with Gasteiger partial charge in [0.1, 0.15) is 5.75 Å². The maximum Gasteiger partial charge on any atom is 0.306 e. The van der Waals surface area contributed by atoms with Crippen molar-refractivity contribution in [3.05, 3.63) is 35.9 Å². The van der Waals surface area contributed by atoms with Crippen LogP contribution in [0, 0.1) is 5.92 Å². The number of benzene rings is 1. The lowest BCUT2D eigenvalue weighted by atomic mass is 9.97. The zero-order valence-electron chi connectivity index (χ0n) is 13.4. The molecule has 1 fully saturated rings. The molecule has 0 spiro atoms. The first-order valence-corrected chi connectivity index (χ1v) is 8.03. The molecule has 0 unspecified atom stereocenters. The summed E-state index contributed by atoms with van der Waals surface area (Å²) in [6.07, 6.45) is 5.34. The van der Waals surface area contributed by atoms with Gasteiger partial charge in [0.25, 0.3) is 0 Å². The quantitative estimate of drug-likeness (QED) is 0.819. The molecule has 23 heavy (non-hydrogen) atoms. The van der Waals surface area contributed by atoms with E-state index in [2.05, 4.69) is 6.92 Å². The Morgan fingerprint density at radius 3 is 2.48 bits per heavy atom. The Kier molecular flexibility index (Phi) is 6.20. The summed E-state index contributed by atoms with van der Waals surface area (Å²) in [5.74, 6) is -0.331. The second-order valence-corrected chi connectivity index (χ2v) is 5.69. The maximum absolute atomic E-state index is 12.1. The van der Waals surface area contributed by atoms with E-state index in [-0.39, 0.29) is 11.8 Å². The molecule has 1 amide bonds. The fourth-order valence-corrected chi connectivity index (χ4v) is 2.51. The number of likely N-dealkylation sites (tertiary alicyclic amines) is 1. The smallest absolute Gasteiger partial charge is 0.306 e. The van der Waals surface area contributed by atoms with Gasteiger partial charge in [-0.2, -0.15) is 0 Å². The molecule has 5 heteroatoms. The molecule has 0 bridgehead atoms. The van der Waals surface area contributed by atoms with Crippen molar-refractivity contribution in [3.8, 4) is 5.75 Å². The van der Waals surface area contributed by atoms with E-state index in [0.29, 0.717) is 32.5 Å². The summed E-state index contributed by atoms with van der Waals surface area (Å²) in [4.78, 5) is 24.7. The predicted molar refractivity (Wildman–Crippen MR) is 88.2 cm³/mol. The highest BCUT2D eigenvalue weighted by Gasteiger charge is 2.25. The number of ether oxygens (including phenoxy) is 1. The normalized spacial score (nSPS) is 15.8. The molecular weight excluding hydrogens is 294 g/mol. The summed E-state index contributed by atoms with van der Waals surface area (Å²) in [6, 6.07) is 7.59. The zero-order chi connectivity index (χ0) is 16.7. The maximum atomic E-state index is 12.1. The minimum atomic E-state index is -0.766. The Morgan fingerprint density at radius 1 is 1.26 bits per heavy atom. The highest BCUT2D eigenvalue weighted by molar-refractivity contribution is 5.92. The van der Waals surface area contributed by atoms with E-state index < -0.39 is 5.97 Å². The molecule has 0 aliphatic carbocycles. The minimum Gasteiger partial charge on any atom is -0.494 e. The van der Waals surface area contributed by atoms with Crippen molar-refractivity contribution in [2.24, 2.45) is 5.92 Å². The van der Waals surface area contributed by atoms with E-state index in [1.165, 1.54) is 0 Å². The van der Waals surface area contributed by atoms with E-state index in [1.807, 2.05) is 24.3 Å². The number of rotatable bonds is 6. The Labute approximate surface area is 136 Å². The van der Waals surface area contributed by atoms with Crippen LogP contribution < -0.4 is 4.74 Å². The van der Waals surface area contributed by atoms with E-state index in [4.69, 9.17) is 9.84 Å². The number of carbonyl (C=O) groups is 2. The van der Waals surface area contributed by atoms with Gasteiger partial charge >= 0.3 is 5.97 Å². The van der Waals surface area contributed by atoms with Crippen molar-refractivity contribution in [1.29, 1.82) is 0 Å². The van der Waals surface area contributed by atoms with Gasteiger partial charge in [-0.05, 0) is 43.0 Å². The molecule has 0 atom stereocenters. The average Bonchev–Trinajstić information content (AvgIpc) is 2.58. The fourth-order valence-electron chi connectivity index (χ4n) is 2.51. The minimum absolute atomic E-state index is 0.0693. The lowest BCUT2D eigenvalue weighted by Gasteiger charge is -2.29. The molecule has 1 heterocycles. The van der Waals surface area contributed by atoms with Gasteiger partial charge in [0.15, 0.2) is 0 Å². The van der Waals surface area contributed by atoms with Crippen LogP contribution in [0.4, 0.5) is 0 Å². The standard InChI is InChI=1S/C18H23NO4/c1-2-13-23-16-6-3-14(4-7-16)5-8-17(20)19-11-9-15(10-12-19)18(21)22/h3-8,15H,2,9-13H2,1H3,(H,21,22)/b8-5+. The van der Waals surface area contributed by atoms with Crippen LogP contribution in [0.2, 0.25) is 0 Å². The molecule has 0 aromatic heterocycles. The molecule has 0 saturated carbocycles. The van der Waals surface area contributed by atoms with Crippen molar-refractivity contribution in [2.75, 3.05) is 19.7 Å². The first-order valence-electron chi connectivity index (χ1n) is 8.03. The highest BCUT2D eigenvalue weighted by atomic mass is 16.5. The summed E-state index contributed by atoms with van der Waals surface area (Å²) in [5.41, 5.74) is 0.933. The Balaban J connectivity index is 1.85. The molecule has 1 aliphatic heterocycles. The number of carbonyl (C=O) groups excluding carboxylic acids is 1. The molecule has 1 aromatic rings. The number of nitrogens with zero attached hydrogens (tertiary/aromatic N) is 1. The van der Waals surface area contributed by atoms with Gasteiger partial charge in [0.2, 0.25) is 5.91 Å². The third kappa shape index (κ3) is 5.13. The number of hydrogen-bond acceptors (Lipinski definition) is 3. The number of carboxylic acids is 1. The first kappa shape index (κ1) is 17.1. The Hall–Kier alpha value is -2.30. The zero-order valence-corrected chi connectivity index (χ0v) is 13.4. The van der Waals surface area contributed by atoms with Crippen molar-refractivity contribution < 1.29 is 19.4 Å². The van der Waals surface area contributed by atoms with E-state index in [1.54, 1.807) is 17.1 Å². The van der Waals surface area contributed by atoms with Crippen LogP contribution in [-0.2, 0) is 9.59 Å². The van der Waals surface area contributed by atoms with Gasteiger partial charge in [0.05, 0.1) is 12.5 Å². The Bertz CT molecular complexity index is 557. The SMILES string of the molecule is CCCOc1ccc(/C=C/C(=O)N2CCC(C(=O)O)CC2)cc1. The molecule has 124 valence electrons. The second-order valence-electron chi connectivity index (χ2n) is 5.69. The van der Waals surface area contributed by atoms with Crippen molar-refractivity contribution >= 4 is 18.0 Å². The van der Waals surface area contributed by atoms with Gasteiger partial charge in [-0.25, -0.2) is 0 Å². The average molecular weight is 317 g/mol. The summed E-state index contributed by atoms with van der Waals surface area (Å²) in [6.45, 7) is 3.76. The number of aliphatic carboxylic acids is 1. The van der Waals surface area contributed by atoms with Crippen molar-refractivity contribution in [1.82, 2.24) is 4.90 Å². The largest absolute Gasteiger partial charge is 0.494 e. The molecule has 1 N–H and O–H groups in total. The van der Waals surface area contributed by atoms with Crippen LogP contribution in [0.3, 0.4) is 0 Å². The number of amides is 1. The number of hydrogen-bond donors (Lipinski definition) is 1. The van der Waals surface area contributed by atoms with Gasteiger partial charge in [-0.15, -0.1) is 0 Å². The summed E-state index contributed by atoms with van der Waals surface area (Å²) in [5, 5.41) is 8.96. The van der Waals surface area contributed by atoms with Gasteiger partial charge in [0, 0.05) is 19.2 Å². The molecular formula is C18H23NO4. The van der Waals surface area contributed by atoms with Crippen LogP contribution in [0.5, 0.6) is 5.75 Å². The molecule has 1 aliphatic rings. The lowest BCUT2D eigenvalue weighted by molar-refractivity contribution is -0.144. The van der Waals surface area contributed by atoms with Crippen LogP contribution in [0.15, 0.2) is 30.3 Å². The summed E-state index contributed by atoms with van der Waals surface area (Å²) < 4.78 is 5.51. The van der Waals surface area contributed by atoms with Crippen molar-refractivity contribution in [2.45, 2.75) is 26.2 Å². The summed E-state index contributed by atoms with van der Waals surface area (Å²) in [7, 11) is 0. The molecule has 2 rings (SSSR count). The van der Waals surface area contributed by atoms with Crippen LogP contribution in [0.1, 0.15) is 31.7 Å². The Morgan fingerprint density at radius 2 is 1.91 bits per heavy atom. The number of carboxylic acid groups (broad SMARTS) is 1. The number of piperidine rings is 1. The van der Waals surface area contributed by atoms with Gasteiger partial charge < -0.3 is 14.7 Å². The second kappa shape index (κ2) is 8.36. The molecule has 1 aromatic carbocycles. The first-order chi connectivity index (χ1) is 11.1. The van der Waals surface area contributed by atoms with Crippen LogP contribution in [-0.4, -0.2) is 41.6 Å². The predicted octanol–water partition coefficient (Wildman–Crippen LogP) is 2.81. The summed E-state index contributed by atoms with van der Waals surface area (Å²) >= 11 is 0. The molecule has 1 saturated heterocycles. The van der Waals surface area contributed by atoms with E-state index >= 15 is 0 Å². The van der Waals surface area contributed by atoms with Gasteiger partial charge in [-0.3, -0.25) is 9.59 Å². The highest BCUT2D eigenvalue weighted by Crippen LogP contribution is 2.18. The lowest BCUT2D eigenvalue weighted by Crippen LogP contribution is -2.39. The fraction of sp³-hybridized carbons (Fsp3) is 0.444. The van der Waals surface area contributed by atoms with Crippen LogP contribution in [0.25, 0.3) is 6.08 Å². The van der Waals surface area contributed by atoms with E-state index in [0.717, 1.165) is 17.7 Å². The molecule has 5 nitrogen and oxygen atoms in total. The van der Waals surface area contributed by atoms with Gasteiger partial charge in [-0.1, -0.05) is 19.1 Å². The third-order valence-electron chi connectivity index (χ3n) is 3.93. The topological polar surface area (TPSA) is 66.8 Å². The third-order valence-corrected chi connectivity index (χ3v) is 3.93.